The van der Waals surface area contributed by atoms with E-state index < -0.39 is 15.7 Å². The highest BCUT2D eigenvalue weighted by atomic mass is 35.5. The van der Waals surface area contributed by atoms with Crippen molar-refractivity contribution in [3.63, 3.8) is 0 Å². The third-order valence-electron chi connectivity index (χ3n) is 4.47. The van der Waals surface area contributed by atoms with Crippen molar-refractivity contribution in [3.05, 3.63) is 99.5 Å². The molecule has 0 fully saturated rings. The average molecular weight is 448 g/mol. The van der Waals surface area contributed by atoms with Crippen LogP contribution in [-0.4, -0.2) is 20.6 Å². The van der Waals surface area contributed by atoms with E-state index in [1.807, 2.05) is 42.5 Å². The van der Waals surface area contributed by atoms with E-state index in [0.29, 0.717) is 11.4 Å². The Morgan fingerprint density at radius 2 is 1.62 bits per heavy atom. The zero-order valence-corrected chi connectivity index (χ0v) is 17.9. The fraction of sp³-hybridized carbons (Fsp3) is 0.136. The van der Waals surface area contributed by atoms with E-state index >= 15 is 0 Å². The molecule has 0 unspecified atom stereocenters. The molecule has 1 N–H and O–H groups in total. The predicted octanol–water partition coefficient (Wildman–Crippen LogP) is 5.11. The van der Waals surface area contributed by atoms with Gasteiger partial charge in [-0.15, -0.1) is 0 Å². The van der Waals surface area contributed by atoms with Crippen molar-refractivity contribution in [3.8, 4) is 0 Å². The molecular weight excluding hydrogens is 429 g/mol. The van der Waals surface area contributed by atoms with E-state index in [9.17, 15) is 13.2 Å². The van der Waals surface area contributed by atoms with Crippen molar-refractivity contribution in [2.75, 3.05) is 6.26 Å². The quantitative estimate of drug-likeness (QED) is 0.570. The monoisotopic (exact) mass is 447 g/mol. The van der Waals surface area contributed by atoms with Gasteiger partial charge in [0.05, 0.1) is 21.5 Å². The maximum atomic E-state index is 13.0. The van der Waals surface area contributed by atoms with Crippen LogP contribution in [0.15, 0.2) is 77.7 Å². The van der Waals surface area contributed by atoms with E-state index in [0.717, 1.165) is 17.4 Å². The molecule has 0 aliphatic heterocycles. The van der Waals surface area contributed by atoms with Crippen molar-refractivity contribution in [2.24, 2.45) is 0 Å². The standard InChI is InChI=1S/C22H19Cl2NO3S/c1-29(27,28)18-11-12-20(24)19(14-18)22(26)25-21(16-5-3-2-4-6-16)13-15-7-9-17(23)10-8-15/h2-12,14,21H,13H2,1H3,(H,25,26)/t21-/m0/s1. The Morgan fingerprint density at radius 1 is 0.966 bits per heavy atom. The Kier molecular flexibility index (Phi) is 6.63. The molecule has 0 aromatic heterocycles. The van der Waals surface area contributed by atoms with E-state index in [1.54, 1.807) is 12.1 Å². The summed E-state index contributed by atoms with van der Waals surface area (Å²) in [5.74, 6) is -0.441. The van der Waals surface area contributed by atoms with Crippen LogP contribution in [0.2, 0.25) is 10.0 Å². The summed E-state index contributed by atoms with van der Waals surface area (Å²) in [7, 11) is -3.46. The molecule has 1 atom stereocenters. The molecular formula is C22H19Cl2NO3S. The third-order valence-corrected chi connectivity index (χ3v) is 6.16. The molecule has 29 heavy (non-hydrogen) atoms. The molecule has 0 aliphatic rings. The number of rotatable bonds is 6. The fourth-order valence-electron chi connectivity index (χ4n) is 2.94. The number of nitrogens with one attached hydrogen (secondary N) is 1. The second-order valence-electron chi connectivity index (χ2n) is 6.68. The van der Waals surface area contributed by atoms with Crippen molar-refractivity contribution in [1.29, 1.82) is 0 Å². The first-order valence-corrected chi connectivity index (χ1v) is 11.5. The minimum atomic E-state index is -3.46. The lowest BCUT2D eigenvalue weighted by Crippen LogP contribution is -2.30. The maximum Gasteiger partial charge on any atom is 0.253 e. The van der Waals surface area contributed by atoms with Crippen LogP contribution in [0.3, 0.4) is 0 Å². The molecule has 0 saturated carbocycles. The number of benzene rings is 3. The van der Waals surface area contributed by atoms with Gasteiger partial charge in [0.2, 0.25) is 0 Å². The van der Waals surface area contributed by atoms with E-state index in [1.165, 1.54) is 18.2 Å². The lowest BCUT2D eigenvalue weighted by atomic mass is 9.98. The maximum absolute atomic E-state index is 13.0. The van der Waals surface area contributed by atoms with Gasteiger partial charge >= 0.3 is 0 Å². The largest absolute Gasteiger partial charge is 0.345 e. The summed E-state index contributed by atoms with van der Waals surface area (Å²) in [5, 5.41) is 3.81. The highest BCUT2D eigenvalue weighted by Crippen LogP contribution is 2.24. The summed E-state index contributed by atoms with van der Waals surface area (Å²) in [4.78, 5) is 13.0. The van der Waals surface area contributed by atoms with Crippen molar-refractivity contribution in [1.82, 2.24) is 5.32 Å². The second kappa shape index (κ2) is 8.99. The van der Waals surface area contributed by atoms with Crippen LogP contribution in [0.1, 0.15) is 27.5 Å². The molecule has 3 rings (SSSR count). The summed E-state index contributed by atoms with van der Waals surface area (Å²) >= 11 is 12.1. The van der Waals surface area contributed by atoms with Crippen LogP contribution in [0, 0.1) is 0 Å². The van der Waals surface area contributed by atoms with Gasteiger partial charge in [0.15, 0.2) is 9.84 Å². The summed E-state index contributed by atoms with van der Waals surface area (Å²) in [6, 6.07) is 20.7. The van der Waals surface area contributed by atoms with Gasteiger partial charge in [0.1, 0.15) is 0 Å². The number of hydrogen-bond acceptors (Lipinski definition) is 3. The summed E-state index contributed by atoms with van der Waals surface area (Å²) in [5.41, 5.74) is 2.04. The number of hydrogen-bond donors (Lipinski definition) is 1. The number of halogens is 2. The van der Waals surface area contributed by atoms with Crippen LogP contribution in [0.5, 0.6) is 0 Å². The SMILES string of the molecule is CS(=O)(=O)c1ccc(Cl)c(C(=O)N[C@@H](Cc2ccc(Cl)cc2)c2ccccc2)c1. The Bertz CT molecular complexity index is 1110. The molecule has 4 nitrogen and oxygen atoms in total. The number of carbonyl (C=O) groups is 1. The first kappa shape index (κ1) is 21.4. The molecule has 0 bridgehead atoms. The molecule has 7 heteroatoms. The van der Waals surface area contributed by atoms with Gasteiger partial charge in [-0.1, -0.05) is 65.7 Å². The number of amides is 1. The normalized spacial score (nSPS) is 12.4. The van der Waals surface area contributed by atoms with Crippen molar-refractivity contribution in [2.45, 2.75) is 17.4 Å². The highest BCUT2D eigenvalue weighted by molar-refractivity contribution is 7.90. The fourth-order valence-corrected chi connectivity index (χ4v) is 3.92. The van der Waals surface area contributed by atoms with Gasteiger partial charge in [0.25, 0.3) is 5.91 Å². The first-order valence-electron chi connectivity index (χ1n) is 8.84. The van der Waals surface area contributed by atoms with Crippen molar-refractivity contribution < 1.29 is 13.2 Å². The Morgan fingerprint density at radius 3 is 2.24 bits per heavy atom. The number of sulfone groups is 1. The van der Waals surface area contributed by atoms with Gasteiger partial charge in [0, 0.05) is 11.3 Å². The number of carbonyl (C=O) groups excluding carboxylic acids is 1. The van der Waals surface area contributed by atoms with Gasteiger partial charge in [-0.3, -0.25) is 4.79 Å². The minimum absolute atomic E-state index is 0.0426. The lowest BCUT2D eigenvalue weighted by Gasteiger charge is -2.20. The first-order chi connectivity index (χ1) is 13.7. The smallest absolute Gasteiger partial charge is 0.253 e. The lowest BCUT2D eigenvalue weighted by molar-refractivity contribution is 0.0936. The molecule has 3 aromatic carbocycles. The van der Waals surface area contributed by atoms with Crippen LogP contribution >= 0.6 is 23.2 Å². The Balaban J connectivity index is 1.91. The van der Waals surface area contributed by atoms with Gasteiger partial charge in [-0.2, -0.15) is 0 Å². The van der Waals surface area contributed by atoms with E-state index in [4.69, 9.17) is 23.2 Å². The van der Waals surface area contributed by atoms with Crippen LogP contribution in [-0.2, 0) is 16.3 Å². The molecule has 0 saturated heterocycles. The van der Waals surface area contributed by atoms with E-state index in [2.05, 4.69) is 5.32 Å². The van der Waals surface area contributed by atoms with Gasteiger partial charge in [-0.25, -0.2) is 8.42 Å². The zero-order valence-electron chi connectivity index (χ0n) is 15.6. The molecule has 1 amide bonds. The summed E-state index contributed by atoms with van der Waals surface area (Å²) < 4.78 is 23.7. The minimum Gasteiger partial charge on any atom is -0.345 e. The van der Waals surface area contributed by atoms with Crippen molar-refractivity contribution >= 4 is 38.9 Å². The topological polar surface area (TPSA) is 63.2 Å². The Hall–Kier alpha value is -2.34. The molecule has 0 heterocycles. The van der Waals surface area contributed by atoms with E-state index in [-0.39, 0.29) is 21.5 Å². The summed E-state index contributed by atoms with van der Waals surface area (Å²) in [6.45, 7) is 0. The highest BCUT2D eigenvalue weighted by Gasteiger charge is 2.20. The van der Waals surface area contributed by atoms with Crippen LogP contribution in [0.25, 0.3) is 0 Å². The third kappa shape index (κ3) is 5.60. The molecule has 150 valence electrons. The molecule has 0 spiro atoms. The zero-order chi connectivity index (χ0) is 21.0. The molecule has 0 aliphatic carbocycles. The predicted molar refractivity (Wildman–Crippen MR) is 116 cm³/mol. The summed E-state index contributed by atoms with van der Waals surface area (Å²) in [6.07, 6.45) is 1.63. The Labute approximate surface area is 180 Å². The van der Waals surface area contributed by atoms with Crippen LogP contribution in [0.4, 0.5) is 0 Å². The molecule has 3 aromatic rings. The second-order valence-corrected chi connectivity index (χ2v) is 9.54. The molecule has 0 radical (unpaired) electrons. The average Bonchev–Trinajstić information content (AvgIpc) is 2.69. The van der Waals surface area contributed by atoms with Gasteiger partial charge in [-0.05, 0) is 47.9 Å². The van der Waals surface area contributed by atoms with Crippen LogP contribution < -0.4 is 5.32 Å². The van der Waals surface area contributed by atoms with Gasteiger partial charge < -0.3 is 5.32 Å².